The van der Waals surface area contributed by atoms with Crippen LogP contribution in [0.5, 0.6) is 0 Å². The molecule has 3 fully saturated rings. The van der Waals surface area contributed by atoms with Crippen molar-refractivity contribution in [1.29, 1.82) is 10.5 Å². The van der Waals surface area contributed by atoms with Crippen LogP contribution in [-0.2, 0) is 65.0 Å². The van der Waals surface area contributed by atoms with E-state index in [2.05, 4.69) is 18.7 Å². The average molecular weight is 789 g/mol. The summed E-state index contributed by atoms with van der Waals surface area (Å²) < 4.78 is 79.8. The van der Waals surface area contributed by atoms with Crippen molar-refractivity contribution in [2.24, 2.45) is 10.8 Å². The van der Waals surface area contributed by atoms with Crippen molar-refractivity contribution in [3.05, 3.63) is 12.7 Å². The van der Waals surface area contributed by atoms with E-state index in [0.29, 0.717) is 19.3 Å². The van der Waals surface area contributed by atoms with Crippen LogP contribution in [0, 0.1) is 33.5 Å². The lowest BCUT2D eigenvalue weighted by atomic mass is 9.77. The molecule has 50 heavy (non-hydrogen) atoms. The Hall–Kier alpha value is -0.380. The molecule has 0 spiro atoms. The SMILES string of the molecule is C.[3H]C1CC(O)C(COP(=S)(OC2CC([3H])OC2COP(=S)(OC2CC([3H])OC2CC)OC(CC#N)C(C)(C)C)OC(CC#N)C(C)(CC)CC=C)O1. The maximum absolute atomic E-state index is 10.5. The van der Waals surface area contributed by atoms with Crippen molar-refractivity contribution in [1.82, 2.24) is 0 Å². The van der Waals surface area contributed by atoms with Crippen molar-refractivity contribution in [3.8, 4) is 12.1 Å². The highest BCUT2D eigenvalue weighted by molar-refractivity contribution is 8.07. The monoisotopic (exact) mass is 788 g/mol. The lowest BCUT2D eigenvalue weighted by Gasteiger charge is -2.39. The van der Waals surface area contributed by atoms with E-state index in [9.17, 15) is 15.6 Å². The van der Waals surface area contributed by atoms with E-state index in [0.717, 1.165) is 0 Å². The first kappa shape index (κ1) is 40.8. The second-order valence-corrected chi connectivity index (χ2v) is 19.6. The van der Waals surface area contributed by atoms with Crippen LogP contribution in [-0.4, -0.2) is 86.9 Å². The van der Waals surface area contributed by atoms with Crippen LogP contribution in [0.1, 0.15) is 104 Å². The van der Waals surface area contributed by atoms with Crippen molar-refractivity contribution < 1.29 is 50.6 Å². The second-order valence-electron chi connectivity index (χ2n) is 13.8. The van der Waals surface area contributed by atoms with Gasteiger partial charge < -0.3 is 46.5 Å². The Morgan fingerprint density at radius 3 is 1.84 bits per heavy atom. The number of allylic oxidation sites excluding steroid dienone is 1. The highest BCUT2D eigenvalue weighted by atomic mass is 32.5. The Morgan fingerprint density at radius 2 is 1.36 bits per heavy atom. The molecular formula is C34H60N2O10P2S2. The van der Waals surface area contributed by atoms with E-state index in [1.807, 2.05) is 41.5 Å². The van der Waals surface area contributed by atoms with E-state index in [4.69, 9.17) is 69.1 Å². The van der Waals surface area contributed by atoms with Crippen molar-refractivity contribution in [2.45, 2.75) is 149 Å². The summed E-state index contributed by atoms with van der Waals surface area (Å²) in [7, 11) is 0. The zero-order chi connectivity index (χ0) is 38.9. The Kier molecular flexibility index (Phi) is 17.1. The predicted octanol–water partition coefficient (Wildman–Crippen LogP) is 7.65. The minimum atomic E-state index is -3.79. The first-order chi connectivity index (χ1) is 24.3. The van der Waals surface area contributed by atoms with E-state index in [-0.39, 0.29) is 52.7 Å². The summed E-state index contributed by atoms with van der Waals surface area (Å²) in [5.41, 5.74) is -1.05. The van der Waals surface area contributed by atoms with Crippen LogP contribution in [0.3, 0.4) is 0 Å². The molecule has 12 nitrogen and oxygen atoms in total. The zero-order valence-corrected chi connectivity index (χ0v) is 32.9. The van der Waals surface area contributed by atoms with Gasteiger partial charge in [0.25, 0.3) is 0 Å². The van der Waals surface area contributed by atoms with Gasteiger partial charge in [0.1, 0.15) is 12.2 Å². The van der Waals surface area contributed by atoms with Crippen LogP contribution >= 0.6 is 13.4 Å². The van der Waals surface area contributed by atoms with Gasteiger partial charge in [-0.2, -0.15) is 10.5 Å². The Morgan fingerprint density at radius 1 is 0.880 bits per heavy atom. The number of aliphatic hydroxyl groups excluding tert-OH is 1. The Labute approximate surface area is 315 Å². The maximum Gasteiger partial charge on any atom is 0.327 e. The van der Waals surface area contributed by atoms with Gasteiger partial charge in [0.2, 0.25) is 0 Å². The van der Waals surface area contributed by atoms with Gasteiger partial charge in [0, 0.05) is 32.6 Å². The Bertz CT molecular complexity index is 1360. The van der Waals surface area contributed by atoms with Crippen LogP contribution in [0.2, 0.25) is 0 Å². The lowest BCUT2D eigenvalue weighted by molar-refractivity contribution is -0.0341. The molecular weight excluding hydrogens is 722 g/mol. The summed E-state index contributed by atoms with van der Waals surface area (Å²) in [4.78, 5) is 0. The first-order valence-corrected chi connectivity index (χ1v) is 21.9. The third-order valence-electron chi connectivity index (χ3n) is 9.02. The van der Waals surface area contributed by atoms with Crippen molar-refractivity contribution in [2.75, 3.05) is 33.0 Å². The molecule has 0 aromatic heterocycles. The lowest BCUT2D eigenvalue weighted by Crippen LogP contribution is -2.36. The fourth-order valence-electron chi connectivity index (χ4n) is 5.48. The number of hydrogen-bond donors (Lipinski definition) is 1. The molecule has 3 saturated heterocycles. The van der Waals surface area contributed by atoms with E-state index in [1.165, 1.54) is 0 Å². The number of hydrogen-bond acceptors (Lipinski definition) is 14. The highest BCUT2D eigenvalue weighted by Crippen LogP contribution is 2.58. The Balaban J connectivity index is 0.00000972. The minimum Gasteiger partial charge on any atom is -0.390 e. The van der Waals surface area contributed by atoms with Gasteiger partial charge >= 0.3 is 13.4 Å². The van der Waals surface area contributed by atoms with Gasteiger partial charge in [-0.1, -0.05) is 55.0 Å². The summed E-state index contributed by atoms with van der Waals surface area (Å²) in [5.74, 6) is 0. The number of nitriles is 2. The zero-order valence-electron chi connectivity index (χ0n) is 32.4. The van der Waals surface area contributed by atoms with Gasteiger partial charge in [0.05, 0.1) is 78.9 Å². The van der Waals surface area contributed by atoms with Gasteiger partial charge in [-0.15, -0.1) is 6.58 Å². The molecule has 3 aliphatic heterocycles. The second kappa shape index (κ2) is 20.9. The van der Waals surface area contributed by atoms with E-state index in [1.54, 1.807) is 6.08 Å². The predicted molar refractivity (Wildman–Crippen MR) is 199 cm³/mol. The molecule has 14 atom stereocenters. The molecule has 0 amide bonds. The van der Waals surface area contributed by atoms with Gasteiger partial charge in [-0.25, -0.2) is 0 Å². The summed E-state index contributed by atoms with van der Waals surface area (Å²) in [6, 6.07) is 4.33. The fourth-order valence-corrected chi connectivity index (χ4v) is 10.6. The van der Waals surface area contributed by atoms with Crippen molar-refractivity contribution >= 4 is 37.1 Å². The molecule has 0 aliphatic carbocycles. The van der Waals surface area contributed by atoms with Crippen LogP contribution in [0.4, 0.5) is 0 Å². The summed E-state index contributed by atoms with van der Waals surface area (Å²) in [6.07, 6.45) is -2.05. The van der Waals surface area contributed by atoms with E-state index >= 15 is 0 Å². The summed E-state index contributed by atoms with van der Waals surface area (Å²) in [5, 5.41) is 29.8. The smallest absolute Gasteiger partial charge is 0.327 e. The van der Waals surface area contributed by atoms with E-state index < -0.39 is 92.8 Å². The first-order valence-electron chi connectivity index (χ1n) is 18.5. The number of ether oxygens (including phenoxy) is 3. The van der Waals surface area contributed by atoms with Crippen LogP contribution < -0.4 is 0 Å². The van der Waals surface area contributed by atoms with Crippen molar-refractivity contribution in [3.63, 3.8) is 0 Å². The molecule has 0 aromatic rings. The quantitative estimate of drug-likeness (QED) is 0.0896. The third-order valence-corrected chi connectivity index (χ3v) is 13.7. The molecule has 0 radical (unpaired) electrons. The topological polar surface area (TPSA) is 151 Å². The van der Waals surface area contributed by atoms with Gasteiger partial charge in [-0.05, 0) is 60.1 Å². The number of nitrogens with zero attached hydrogens (tertiary/aromatic N) is 2. The molecule has 0 bridgehead atoms. The molecule has 0 aromatic carbocycles. The fraction of sp³-hybridized carbons (Fsp3) is 0.882. The molecule has 1 N–H and O–H groups in total. The minimum absolute atomic E-state index is 0. The van der Waals surface area contributed by atoms with Crippen LogP contribution in [0.25, 0.3) is 0 Å². The average Bonchev–Trinajstić information content (AvgIpc) is 3.71. The summed E-state index contributed by atoms with van der Waals surface area (Å²) in [6.45, 7) is 4.83. The molecule has 288 valence electrons. The largest absolute Gasteiger partial charge is 0.390 e. The maximum atomic E-state index is 10.5. The normalized spacial score (nSPS) is 35.5. The standard InChI is InChI=1S/C33H56N2O10P2S2.CH4/c1-8-16-33(7,10-3)31(12-18-35)45-47(49,40-22-28-24(36)13-19-38-28)43-27-15-21-39-29(27)23-41-46(48,42-26-14-20-37-25(26)9-2)44-30(11-17-34)32(4,5)6;/h8,24-31,36H,1,9-16,19-23H2,2-7H3;1H4/i19T,20T,21T;. The van der Waals surface area contributed by atoms with Crippen LogP contribution in [0.15, 0.2) is 12.7 Å². The number of rotatable bonds is 21. The van der Waals surface area contributed by atoms with Gasteiger partial charge in [0.15, 0.2) is 0 Å². The molecule has 16 heteroatoms. The van der Waals surface area contributed by atoms with Gasteiger partial charge in [-0.3, -0.25) is 0 Å². The molecule has 0 saturated carbocycles. The molecule has 14 unspecified atom stereocenters. The molecule has 3 aliphatic rings. The third kappa shape index (κ3) is 13.2. The summed E-state index contributed by atoms with van der Waals surface area (Å²) >= 11 is 11.9. The number of aliphatic hydroxyl groups is 1. The highest BCUT2D eigenvalue weighted by Gasteiger charge is 2.44. The molecule has 3 heterocycles. The molecule has 3 rings (SSSR count).